The lowest BCUT2D eigenvalue weighted by atomic mass is 10.1. The van der Waals surface area contributed by atoms with Crippen LogP contribution >= 0.6 is 0 Å². The van der Waals surface area contributed by atoms with E-state index in [9.17, 15) is 14.8 Å². The molecule has 6 nitrogen and oxygen atoms in total. The second kappa shape index (κ2) is 6.71. The molecule has 0 aliphatic heterocycles. The Morgan fingerprint density at radius 3 is 2.41 bits per heavy atom. The highest BCUT2D eigenvalue weighted by atomic mass is 16.6. The minimum absolute atomic E-state index is 0.170. The number of pyridine rings is 1. The fourth-order valence-electron chi connectivity index (χ4n) is 1.85. The molecule has 2 aromatic rings. The van der Waals surface area contributed by atoms with Crippen molar-refractivity contribution in [2.24, 2.45) is 0 Å². The first-order valence-corrected chi connectivity index (χ1v) is 6.60. The van der Waals surface area contributed by atoms with Gasteiger partial charge in [0.05, 0.1) is 7.11 Å². The number of carbonyl (C=O) groups excluding carboxylic acids is 2. The van der Waals surface area contributed by atoms with E-state index in [4.69, 9.17) is 9.47 Å². The third-order valence-corrected chi connectivity index (χ3v) is 3.06. The van der Waals surface area contributed by atoms with E-state index < -0.39 is 12.1 Å². The molecule has 0 saturated heterocycles. The van der Waals surface area contributed by atoms with E-state index >= 15 is 0 Å². The summed E-state index contributed by atoms with van der Waals surface area (Å²) >= 11 is 0. The summed E-state index contributed by atoms with van der Waals surface area (Å²) in [4.78, 5) is 24.1. The van der Waals surface area contributed by atoms with Crippen molar-refractivity contribution in [3.05, 3.63) is 65.1 Å². The van der Waals surface area contributed by atoms with Crippen LogP contribution in [0.3, 0.4) is 0 Å². The van der Waals surface area contributed by atoms with Gasteiger partial charge < -0.3 is 14.7 Å². The summed E-state index contributed by atoms with van der Waals surface area (Å²) in [5.74, 6) is -0.577. The summed E-state index contributed by atoms with van der Waals surface area (Å²) < 4.78 is 10.5. The van der Waals surface area contributed by atoms with Crippen LogP contribution in [0.15, 0.2) is 48.7 Å². The van der Waals surface area contributed by atoms with Gasteiger partial charge in [0.1, 0.15) is 5.75 Å². The Kier molecular flexibility index (Phi) is 4.73. The Hall–Kier alpha value is -2.89. The minimum Gasteiger partial charge on any atom is -0.618 e. The summed E-state index contributed by atoms with van der Waals surface area (Å²) in [6, 6.07) is 10.8. The highest BCUT2D eigenvalue weighted by Crippen LogP contribution is 2.14. The predicted octanol–water partition coefficient (Wildman–Crippen LogP) is 1.76. The van der Waals surface area contributed by atoms with E-state index in [1.165, 1.54) is 32.4 Å². The molecule has 1 aromatic heterocycles. The van der Waals surface area contributed by atoms with Crippen molar-refractivity contribution >= 4 is 11.8 Å². The Balaban J connectivity index is 2.07. The standard InChI is InChI=1S/C16H15NO5/c1-11(15(18)12-6-8-13(21-2)9-7-12)22-16(19)14-5-3-4-10-17(14)20/h3-11H,1-2H3/t11-/m0/s1. The van der Waals surface area contributed by atoms with Crippen molar-refractivity contribution < 1.29 is 23.8 Å². The molecule has 2 rings (SSSR count). The summed E-state index contributed by atoms with van der Waals surface area (Å²) in [5, 5.41) is 11.5. The molecule has 0 saturated carbocycles. The van der Waals surface area contributed by atoms with Crippen LogP contribution in [0.4, 0.5) is 0 Å². The maximum Gasteiger partial charge on any atom is 0.405 e. The van der Waals surface area contributed by atoms with Crippen LogP contribution in [0.25, 0.3) is 0 Å². The molecule has 6 heteroatoms. The SMILES string of the molecule is COc1ccc(C(=O)[C@H](C)OC(=O)c2cccc[n+]2[O-])cc1. The van der Waals surface area contributed by atoms with Crippen molar-refractivity contribution in [3.8, 4) is 5.75 Å². The van der Waals surface area contributed by atoms with Gasteiger partial charge in [0.2, 0.25) is 5.78 Å². The van der Waals surface area contributed by atoms with E-state index in [1.807, 2.05) is 0 Å². The number of hydrogen-bond donors (Lipinski definition) is 0. The molecular weight excluding hydrogens is 286 g/mol. The predicted molar refractivity (Wildman–Crippen MR) is 77.6 cm³/mol. The number of benzene rings is 1. The van der Waals surface area contributed by atoms with Crippen molar-refractivity contribution in [2.45, 2.75) is 13.0 Å². The summed E-state index contributed by atoms with van der Waals surface area (Å²) in [7, 11) is 1.53. The van der Waals surface area contributed by atoms with Gasteiger partial charge in [-0.1, -0.05) is 0 Å². The molecule has 0 aliphatic carbocycles. The minimum atomic E-state index is -0.999. The Morgan fingerprint density at radius 1 is 1.14 bits per heavy atom. The van der Waals surface area contributed by atoms with Crippen LogP contribution in [-0.4, -0.2) is 25.0 Å². The lowest BCUT2D eigenvalue weighted by Gasteiger charge is -2.12. The molecule has 0 N–H and O–H groups in total. The van der Waals surface area contributed by atoms with Gasteiger partial charge in [-0.3, -0.25) is 4.79 Å². The first kappa shape index (κ1) is 15.5. The van der Waals surface area contributed by atoms with E-state index in [0.29, 0.717) is 16.0 Å². The Morgan fingerprint density at radius 2 is 1.82 bits per heavy atom. The molecule has 0 aliphatic rings. The monoisotopic (exact) mass is 301 g/mol. The van der Waals surface area contributed by atoms with E-state index in [1.54, 1.807) is 30.3 Å². The van der Waals surface area contributed by atoms with Gasteiger partial charge in [0.15, 0.2) is 12.3 Å². The maximum absolute atomic E-state index is 12.2. The van der Waals surface area contributed by atoms with Crippen molar-refractivity contribution in [1.29, 1.82) is 0 Å². The van der Waals surface area contributed by atoms with E-state index in [0.717, 1.165) is 0 Å². The van der Waals surface area contributed by atoms with Gasteiger partial charge in [-0.25, -0.2) is 4.79 Å². The third-order valence-electron chi connectivity index (χ3n) is 3.06. The van der Waals surface area contributed by atoms with Gasteiger partial charge in [-0.05, 0) is 37.3 Å². The second-order valence-electron chi connectivity index (χ2n) is 4.55. The summed E-state index contributed by atoms with van der Waals surface area (Å²) in [6.45, 7) is 1.46. The Labute approximate surface area is 127 Å². The number of nitrogens with zero attached hydrogens (tertiary/aromatic N) is 1. The molecule has 22 heavy (non-hydrogen) atoms. The number of ketones is 1. The Bertz CT molecular complexity index is 681. The number of ether oxygens (including phenoxy) is 2. The molecule has 0 unspecified atom stereocenters. The summed E-state index contributed by atoms with van der Waals surface area (Å²) in [5.41, 5.74) is 0.223. The summed E-state index contributed by atoms with van der Waals surface area (Å²) in [6.07, 6.45) is 0.188. The topological polar surface area (TPSA) is 79.5 Å². The highest BCUT2D eigenvalue weighted by Gasteiger charge is 2.24. The smallest absolute Gasteiger partial charge is 0.405 e. The highest BCUT2D eigenvalue weighted by molar-refractivity contribution is 6.01. The quantitative estimate of drug-likeness (QED) is 0.364. The first-order chi connectivity index (χ1) is 10.5. The average Bonchev–Trinajstić information content (AvgIpc) is 2.54. The van der Waals surface area contributed by atoms with Gasteiger partial charge in [0, 0.05) is 17.7 Å². The number of Topliss-reactive ketones (excluding diaryl/α,β-unsaturated/α-hetero) is 1. The number of esters is 1. The fourth-order valence-corrected chi connectivity index (χ4v) is 1.85. The van der Waals surface area contributed by atoms with Crippen LogP contribution in [0.2, 0.25) is 0 Å². The lowest BCUT2D eigenvalue weighted by molar-refractivity contribution is -0.608. The van der Waals surface area contributed by atoms with E-state index in [-0.39, 0.29) is 11.5 Å². The normalized spacial score (nSPS) is 11.5. The fraction of sp³-hybridized carbons (Fsp3) is 0.188. The van der Waals surface area contributed by atoms with Crippen molar-refractivity contribution in [3.63, 3.8) is 0 Å². The number of carbonyl (C=O) groups is 2. The van der Waals surface area contributed by atoms with Crippen LogP contribution in [0, 0.1) is 5.21 Å². The maximum atomic E-state index is 12.2. The molecule has 0 radical (unpaired) electrons. The van der Waals surface area contributed by atoms with Gasteiger partial charge in [-0.15, -0.1) is 0 Å². The molecule has 1 aromatic carbocycles. The number of hydrogen-bond acceptors (Lipinski definition) is 5. The molecule has 0 amide bonds. The number of methoxy groups -OCH3 is 1. The average molecular weight is 301 g/mol. The van der Waals surface area contributed by atoms with E-state index in [2.05, 4.69) is 0 Å². The largest absolute Gasteiger partial charge is 0.618 e. The molecule has 1 heterocycles. The molecule has 114 valence electrons. The van der Waals surface area contributed by atoms with Crippen LogP contribution in [-0.2, 0) is 4.74 Å². The molecular formula is C16H15NO5. The lowest BCUT2D eigenvalue weighted by Crippen LogP contribution is -2.36. The molecule has 1 atom stereocenters. The zero-order valence-corrected chi connectivity index (χ0v) is 12.2. The van der Waals surface area contributed by atoms with Gasteiger partial charge in [0.25, 0.3) is 0 Å². The van der Waals surface area contributed by atoms with Crippen LogP contribution in [0.5, 0.6) is 5.75 Å². The number of rotatable bonds is 5. The van der Waals surface area contributed by atoms with Crippen molar-refractivity contribution in [2.75, 3.05) is 7.11 Å². The van der Waals surface area contributed by atoms with Gasteiger partial charge >= 0.3 is 11.7 Å². The molecule has 0 bridgehead atoms. The van der Waals surface area contributed by atoms with Crippen LogP contribution < -0.4 is 9.47 Å². The zero-order valence-electron chi connectivity index (χ0n) is 12.2. The van der Waals surface area contributed by atoms with Gasteiger partial charge in [-0.2, -0.15) is 4.73 Å². The zero-order chi connectivity index (χ0) is 16.1. The first-order valence-electron chi connectivity index (χ1n) is 6.60. The second-order valence-corrected chi connectivity index (χ2v) is 4.55. The third kappa shape index (κ3) is 3.41. The van der Waals surface area contributed by atoms with Crippen molar-refractivity contribution in [1.82, 2.24) is 0 Å². The molecule has 0 fully saturated rings. The molecule has 0 spiro atoms. The number of aromatic nitrogens is 1. The van der Waals surface area contributed by atoms with Crippen LogP contribution in [0.1, 0.15) is 27.8 Å².